The Morgan fingerprint density at radius 1 is 1.05 bits per heavy atom. The summed E-state index contributed by atoms with van der Waals surface area (Å²) in [6.07, 6.45) is 7.68. The van der Waals surface area contributed by atoms with Crippen LogP contribution in [0.4, 0.5) is 4.39 Å². The maximum atomic E-state index is 14.9. The van der Waals surface area contributed by atoms with Crippen LogP contribution >= 0.6 is 23.2 Å². The van der Waals surface area contributed by atoms with Crippen molar-refractivity contribution in [2.24, 2.45) is 11.3 Å². The molecule has 2 saturated heterocycles. The quantitative estimate of drug-likeness (QED) is 0.260. The van der Waals surface area contributed by atoms with Crippen molar-refractivity contribution in [1.82, 2.24) is 36.0 Å². The Morgan fingerprint density at radius 3 is 2.37 bits per heavy atom. The number of halogens is 3. The van der Waals surface area contributed by atoms with Gasteiger partial charge in [-0.05, 0) is 81.5 Å². The Hall–Kier alpha value is -4.42. The molecule has 7 amide bonds. The second-order valence-corrected chi connectivity index (χ2v) is 17.6. The van der Waals surface area contributed by atoms with E-state index in [0.717, 1.165) is 12.8 Å². The number of amides is 7. The molecule has 3 aliphatic rings. The maximum absolute atomic E-state index is 14.9. The molecule has 1 aromatic rings. The van der Waals surface area contributed by atoms with Crippen LogP contribution in [0.3, 0.4) is 0 Å². The SMILES string of the molecule is C#CC1(C(=O)N2C[C@H](F)C[C@H]2C(=O)N[C@@H](CC)C(=O)N(C)[C@H]2CCCCNC(=O)[C@@H](C)NC(=O)[C@H](Cc3cc(Cl)ccc3Cl)N(C)C(=O)[C@H](CC(C)C)NC2=O)CCCC1. The molecule has 2 aliphatic heterocycles. The molecule has 14 nitrogen and oxygen atoms in total. The van der Waals surface area contributed by atoms with E-state index in [4.69, 9.17) is 29.6 Å². The second-order valence-electron chi connectivity index (χ2n) is 16.8. The number of hydrogen-bond acceptors (Lipinski definition) is 7. The minimum atomic E-state index is -1.45. The third-order valence-electron chi connectivity index (χ3n) is 11.9. The van der Waals surface area contributed by atoms with Gasteiger partial charge in [-0.15, -0.1) is 6.42 Å². The number of carbonyl (C=O) groups excluding carboxylic acids is 7. The summed E-state index contributed by atoms with van der Waals surface area (Å²) in [5.74, 6) is -1.53. The summed E-state index contributed by atoms with van der Waals surface area (Å²) in [4.78, 5) is 101. The first-order valence-corrected chi connectivity index (χ1v) is 21.7. The summed E-state index contributed by atoms with van der Waals surface area (Å²) in [5, 5.41) is 11.8. The topological polar surface area (TPSA) is 177 Å². The van der Waals surface area contributed by atoms with Gasteiger partial charge in [-0.1, -0.05) is 62.7 Å². The van der Waals surface area contributed by atoms with Crippen LogP contribution in [0.1, 0.15) is 97.5 Å². The normalized spacial score (nSPS) is 26.1. The van der Waals surface area contributed by atoms with E-state index in [1.807, 2.05) is 13.8 Å². The molecule has 0 bridgehead atoms. The van der Waals surface area contributed by atoms with Gasteiger partial charge in [-0.25, -0.2) is 4.39 Å². The maximum Gasteiger partial charge on any atom is 0.245 e. The summed E-state index contributed by atoms with van der Waals surface area (Å²) in [6, 6.07) is -1.93. The lowest BCUT2D eigenvalue weighted by Gasteiger charge is -2.35. The van der Waals surface area contributed by atoms with Gasteiger partial charge in [0.05, 0.1) is 6.54 Å². The smallest absolute Gasteiger partial charge is 0.245 e. The number of hydrogen-bond donors (Lipinski definition) is 4. The Labute approximate surface area is 362 Å². The lowest BCUT2D eigenvalue weighted by molar-refractivity contribution is -0.147. The fourth-order valence-electron chi connectivity index (χ4n) is 8.31. The van der Waals surface area contributed by atoms with Crippen molar-refractivity contribution in [3.63, 3.8) is 0 Å². The standard InChI is InChI=1S/C43H60Cl2FN7O7/c1-8-31(49-39(57)35-23-29(46)24-53(35)42(60)43(9-2)17-11-12-18-43)40(58)51(6)33-14-10-13-19-47-36(54)26(5)48-38(56)34(22-27-21-28(44)15-16-30(27)45)52(7)41(59)32(20-25(3)4)50-37(33)55/h2,15-16,21,25-26,29,31-35H,8,10-14,17-20,22-24H2,1,3-7H3,(H,47,54)(H,48,56)(H,49,57)(H,50,55)/t26-,29-,31+,32+,33+,34+,35+/m1/s1. The van der Waals surface area contributed by atoms with Crippen LogP contribution in [0.15, 0.2) is 18.2 Å². The van der Waals surface area contributed by atoms with Crippen molar-refractivity contribution in [2.45, 2.75) is 141 Å². The summed E-state index contributed by atoms with van der Waals surface area (Å²) in [6.45, 7) is 6.89. The molecule has 1 saturated carbocycles. The van der Waals surface area contributed by atoms with Crippen molar-refractivity contribution < 1.29 is 38.0 Å². The molecule has 0 radical (unpaired) electrons. The van der Waals surface area contributed by atoms with E-state index in [1.165, 1.54) is 35.7 Å². The average Bonchev–Trinajstić information content (AvgIpc) is 3.86. The second kappa shape index (κ2) is 21.4. The highest BCUT2D eigenvalue weighted by Gasteiger charge is 2.49. The van der Waals surface area contributed by atoms with Crippen LogP contribution in [0.5, 0.6) is 0 Å². The first-order chi connectivity index (χ1) is 28.3. The number of likely N-dealkylation sites (tertiary alicyclic amines) is 1. The predicted octanol–water partition coefficient (Wildman–Crippen LogP) is 3.55. The monoisotopic (exact) mass is 875 g/mol. The molecule has 4 rings (SSSR count). The molecule has 60 heavy (non-hydrogen) atoms. The molecule has 0 spiro atoms. The minimum absolute atomic E-state index is 0.0579. The highest BCUT2D eigenvalue weighted by atomic mass is 35.5. The Bertz CT molecular complexity index is 1820. The number of benzene rings is 1. The van der Waals surface area contributed by atoms with Gasteiger partial charge in [0.1, 0.15) is 47.8 Å². The van der Waals surface area contributed by atoms with E-state index in [0.29, 0.717) is 41.3 Å². The molecule has 4 N–H and O–H groups in total. The van der Waals surface area contributed by atoms with E-state index in [-0.39, 0.29) is 51.1 Å². The molecule has 330 valence electrons. The van der Waals surface area contributed by atoms with Crippen molar-refractivity contribution in [2.75, 3.05) is 27.2 Å². The third kappa shape index (κ3) is 11.7. The van der Waals surface area contributed by atoms with Crippen LogP contribution in [0.25, 0.3) is 0 Å². The third-order valence-corrected chi connectivity index (χ3v) is 12.5. The highest BCUT2D eigenvalue weighted by molar-refractivity contribution is 6.33. The molecule has 3 fully saturated rings. The molecule has 17 heteroatoms. The number of nitrogens with zero attached hydrogens (tertiary/aromatic N) is 3. The Kier molecular flexibility index (Phi) is 17.2. The number of terminal acetylenes is 1. The van der Waals surface area contributed by atoms with Gasteiger partial charge in [-0.3, -0.25) is 33.6 Å². The average molecular weight is 877 g/mol. The number of alkyl halides is 1. The first-order valence-electron chi connectivity index (χ1n) is 20.9. The Balaban J connectivity index is 1.61. The Morgan fingerprint density at radius 2 is 1.73 bits per heavy atom. The van der Waals surface area contributed by atoms with Gasteiger partial charge >= 0.3 is 0 Å². The van der Waals surface area contributed by atoms with Crippen LogP contribution in [-0.4, -0.2) is 126 Å². The zero-order chi connectivity index (χ0) is 44.5. The van der Waals surface area contributed by atoms with Crippen LogP contribution < -0.4 is 21.3 Å². The van der Waals surface area contributed by atoms with E-state index >= 15 is 0 Å². The van der Waals surface area contributed by atoms with Gasteiger partial charge in [0.2, 0.25) is 41.4 Å². The van der Waals surface area contributed by atoms with Gasteiger partial charge in [0.15, 0.2) is 0 Å². The summed E-state index contributed by atoms with van der Waals surface area (Å²) >= 11 is 12.7. The fraction of sp³-hybridized carbons (Fsp3) is 0.651. The van der Waals surface area contributed by atoms with Gasteiger partial charge in [-0.2, -0.15) is 0 Å². The van der Waals surface area contributed by atoms with E-state index < -0.39 is 89.2 Å². The van der Waals surface area contributed by atoms with Crippen LogP contribution in [0, 0.1) is 23.7 Å². The van der Waals surface area contributed by atoms with Crippen LogP contribution in [-0.2, 0) is 40.0 Å². The predicted molar refractivity (Wildman–Crippen MR) is 226 cm³/mol. The molecule has 0 aromatic heterocycles. The lowest BCUT2D eigenvalue weighted by Crippen LogP contribution is -2.60. The zero-order valence-electron chi connectivity index (χ0n) is 35.5. The fourth-order valence-corrected chi connectivity index (χ4v) is 8.70. The van der Waals surface area contributed by atoms with Crippen molar-refractivity contribution in [1.29, 1.82) is 0 Å². The molecule has 0 unspecified atom stereocenters. The van der Waals surface area contributed by atoms with E-state index in [9.17, 15) is 38.0 Å². The summed E-state index contributed by atoms with van der Waals surface area (Å²) in [7, 11) is 2.87. The van der Waals surface area contributed by atoms with E-state index in [1.54, 1.807) is 25.1 Å². The molecule has 1 aromatic carbocycles. The molecular weight excluding hydrogens is 816 g/mol. The molecular formula is C43H60Cl2FN7O7. The van der Waals surface area contributed by atoms with E-state index in [2.05, 4.69) is 27.2 Å². The van der Waals surface area contributed by atoms with Crippen molar-refractivity contribution in [3.05, 3.63) is 33.8 Å². The van der Waals surface area contributed by atoms with Gasteiger partial charge in [0, 0.05) is 43.5 Å². The highest BCUT2D eigenvalue weighted by Crippen LogP contribution is 2.41. The molecule has 2 heterocycles. The van der Waals surface area contributed by atoms with Crippen molar-refractivity contribution >= 4 is 64.6 Å². The number of carbonyl (C=O) groups is 7. The largest absolute Gasteiger partial charge is 0.354 e. The lowest BCUT2D eigenvalue weighted by atomic mass is 9.85. The van der Waals surface area contributed by atoms with Crippen molar-refractivity contribution in [3.8, 4) is 12.3 Å². The van der Waals surface area contributed by atoms with Gasteiger partial charge < -0.3 is 36.0 Å². The molecule has 7 atom stereocenters. The number of nitrogens with one attached hydrogen (secondary N) is 4. The zero-order valence-corrected chi connectivity index (χ0v) is 37.0. The van der Waals surface area contributed by atoms with Gasteiger partial charge in [0.25, 0.3) is 0 Å². The number of rotatable bonds is 10. The van der Waals surface area contributed by atoms with Crippen LogP contribution in [0.2, 0.25) is 10.0 Å². The minimum Gasteiger partial charge on any atom is -0.354 e. The summed E-state index contributed by atoms with van der Waals surface area (Å²) in [5.41, 5.74) is -0.609. The summed E-state index contributed by atoms with van der Waals surface area (Å²) < 4.78 is 14.9. The number of likely N-dealkylation sites (N-methyl/N-ethyl adjacent to an activating group) is 2. The molecule has 1 aliphatic carbocycles. The first kappa shape index (κ1) is 48.2.